The molecule has 1 aliphatic carbocycles. The van der Waals surface area contributed by atoms with Gasteiger partial charge in [0.15, 0.2) is 0 Å². The number of pyridine rings is 1. The molecule has 1 aliphatic rings. The SMILES string of the molecule is O=C(NNC(=O)[C@@H]1C[C@@H]1c1ccccc1Cl)c1ccccn1. The van der Waals surface area contributed by atoms with E-state index in [2.05, 4.69) is 15.8 Å². The van der Waals surface area contributed by atoms with Crippen molar-refractivity contribution in [3.8, 4) is 0 Å². The molecule has 0 spiro atoms. The number of carbonyl (C=O) groups is 2. The van der Waals surface area contributed by atoms with E-state index in [1.165, 1.54) is 6.20 Å². The molecular weight excluding hydrogens is 302 g/mol. The molecule has 22 heavy (non-hydrogen) atoms. The smallest absolute Gasteiger partial charge is 0.273 e. The van der Waals surface area contributed by atoms with Gasteiger partial charge >= 0.3 is 0 Å². The number of aromatic nitrogens is 1. The lowest BCUT2D eigenvalue weighted by Gasteiger charge is -2.07. The number of carbonyl (C=O) groups excluding carboxylic acids is 2. The molecule has 0 aliphatic heterocycles. The summed E-state index contributed by atoms with van der Waals surface area (Å²) in [6.07, 6.45) is 2.25. The molecule has 5 nitrogen and oxygen atoms in total. The van der Waals surface area contributed by atoms with Crippen molar-refractivity contribution in [2.75, 3.05) is 0 Å². The minimum atomic E-state index is -0.441. The van der Waals surface area contributed by atoms with Crippen molar-refractivity contribution in [3.05, 3.63) is 64.9 Å². The zero-order valence-corrected chi connectivity index (χ0v) is 12.4. The number of halogens is 1. The maximum absolute atomic E-state index is 12.0. The van der Waals surface area contributed by atoms with Gasteiger partial charge in [-0.05, 0) is 36.1 Å². The molecule has 1 fully saturated rings. The van der Waals surface area contributed by atoms with Crippen LogP contribution >= 0.6 is 11.6 Å². The summed E-state index contributed by atoms with van der Waals surface area (Å²) in [5.41, 5.74) is 6.04. The Labute approximate surface area is 132 Å². The number of hydrogen-bond acceptors (Lipinski definition) is 3. The van der Waals surface area contributed by atoms with Gasteiger partial charge in [0.1, 0.15) is 5.69 Å². The predicted octanol–water partition coefficient (Wildman–Crippen LogP) is 2.30. The minimum Gasteiger partial charge on any atom is -0.273 e. The first-order valence-electron chi connectivity index (χ1n) is 6.92. The van der Waals surface area contributed by atoms with Gasteiger partial charge in [-0.2, -0.15) is 0 Å². The fourth-order valence-corrected chi connectivity index (χ4v) is 2.65. The summed E-state index contributed by atoms with van der Waals surface area (Å²) < 4.78 is 0. The third kappa shape index (κ3) is 3.09. The van der Waals surface area contributed by atoms with Crippen LogP contribution in [-0.4, -0.2) is 16.8 Å². The predicted molar refractivity (Wildman–Crippen MR) is 82.1 cm³/mol. The Bertz CT molecular complexity index is 706. The van der Waals surface area contributed by atoms with Crippen LogP contribution in [0.15, 0.2) is 48.7 Å². The Morgan fingerprint density at radius 2 is 1.86 bits per heavy atom. The number of benzene rings is 1. The largest absolute Gasteiger partial charge is 0.288 e. The molecule has 1 aromatic heterocycles. The average molecular weight is 316 g/mol. The Morgan fingerprint density at radius 1 is 1.09 bits per heavy atom. The van der Waals surface area contributed by atoms with E-state index in [-0.39, 0.29) is 23.4 Å². The summed E-state index contributed by atoms with van der Waals surface area (Å²) in [5.74, 6) is -0.706. The first-order valence-corrected chi connectivity index (χ1v) is 7.30. The van der Waals surface area contributed by atoms with Gasteiger partial charge in [0, 0.05) is 17.1 Å². The Kier molecular flexibility index (Phi) is 4.06. The van der Waals surface area contributed by atoms with Crippen molar-refractivity contribution in [2.24, 2.45) is 5.92 Å². The number of hydrogen-bond donors (Lipinski definition) is 2. The average Bonchev–Trinajstić information content (AvgIpc) is 3.34. The zero-order valence-electron chi connectivity index (χ0n) is 11.6. The van der Waals surface area contributed by atoms with E-state index in [1.54, 1.807) is 18.2 Å². The second kappa shape index (κ2) is 6.15. The van der Waals surface area contributed by atoms with Crippen molar-refractivity contribution >= 4 is 23.4 Å². The van der Waals surface area contributed by atoms with Crippen molar-refractivity contribution in [1.82, 2.24) is 15.8 Å². The van der Waals surface area contributed by atoms with Crippen LogP contribution in [-0.2, 0) is 4.79 Å². The van der Waals surface area contributed by atoms with Crippen molar-refractivity contribution < 1.29 is 9.59 Å². The van der Waals surface area contributed by atoms with Gasteiger partial charge < -0.3 is 0 Å². The lowest BCUT2D eigenvalue weighted by Crippen LogP contribution is -2.42. The molecule has 2 aromatic rings. The van der Waals surface area contributed by atoms with Crippen molar-refractivity contribution in [2.45, 2.75) is 12.3 Å². The van der Waals surface area contributed by atoms with E-state index in [0.717, 1.165) is 12.0 Å². The molecule has 1 saturated carbocycles. The number of nitrogens with one attached hydrogen (secondary N) is 2. The number of nitrogens with zero attached hydrogens (tertiary/aromatic N) is 1. The second-order valence-corrected chi connectivity index (χ2v) is 5.54. The summed E-state index contributed by atoms with van der Waals surface area (Å²) in [4.78, 5) is 27.7. The summed E-state index contributed by atoms with van der Waals surface area (Å²) in [6, 6.07) is 12.5. The van der Waals surface area contributed by atoms with E-state index in [9.17, 15) is 9.59 Å². The lowest BCUT2D eigenvalue weighted by molar-refractivity contribution is -0.123. The van der Waals surface area contributed by atoms with E-state index in [1.807, 2.05) is 24.3 Å². The fourth-order valence-electron chi connectivity index (χ4n) is 2.38. The Balaban J connectivity index is 1.54. The Morgan fingerprint density at radius 3 is 2.59 bits per heavy atom. The van der Waals surface area contributed by atoms with Crippen LogP contribution in [0.25, 0.3) is 0 Å². The van der Waals surface area contributed by atoms with Crippen LogP contribution in [0.2, 0.25) is 5.02 Å². The minimum absolute atomic E-state index is 0.112. The first kappa shape index (κ1) is 14.5. The topological polar surface area (TPSA) is 71.1 Å². The molecule has 0 unspecified atom stereocenters. The highest BCUT2D eigenvalue weighted by molar-refractivity contribution is 6.31. The monoisotopic (exact) mass is 315 g/mol. The molecule has 0 bridgehead atoms. The quantitative estimate of drug-likeness (QED) is 0.854. The third-order valence-corrected chi connectivity index (χ3v) is 3.97. The molecule has 2 atom stereocenters. The Hall–Kier alpha value is -2.40. The third-order valence-electron chi connectivity index (χ3n) is 3.63. The summed E-state index contributed by atoms with van der Waals surface area (Å²) in [7, 11) is 0. The van der Waals surface area contributed by atoms with E-state index in [0.29, 0.717) is 5.02 Å². The maximum atomic E-state index is 12.0. The van der Waals surface area contributed by atoms with Crippen LogP contribution in [0.4, 0.5) is 0 Å². The highest BCUT2D eigenvalue weighted by Gasteiger charge is 2.44. The van der Waals surface area contributed by atoms with Crippen LogP contribution in [0, 0.1) is 5.92 Å². The van der Waals surface area contributed by atoms with Gasteiger partial charge in [-0.15, -0.1) is 0 Å². The number of amides is 2. The van der Waals surface area contributed by atoms with Crippen LogP contribution in [0.3, 0.4) is 0 Å². The molecule has 6 heteroatoms. The molecule has 2 N–H and O–H groups in total. The molecule has 3 rings (SSSR count). The normalized spacial score (nSPS) is 19.3. The summed E-state index contributed by atoms with van der Waals surface area (Å²) >= 11 is 6.13. The van der Waals surface area contributed by atoms with Crippen LogP contribution in [0.1, 0.15) is 28.4 Å². The van der Waals surface area contributed by atoms with Crippen molar-refractivity contribution in [1.29, 1.82) is 0 Å². The van der Waals surface area contributed by atoms with Gasteiger partial charge in [-0.25, -0.2) is 0 Å². The maximum Gasteiger partial charge on any atom is 0.288 e. The van der Waals surface area contributed by atoms with Gasteiger partial charge in [-0.1, -0.05) is 35.9 Å². The number of rotatable bonds is 3. The molecule has 0 saturated heterocycles. The van der Waals surface area contributed by atoms with Gasteiger partial charge in [0.25, 0.3) is 5.91 Å². The highest BCUT2D eigenvalue weighted by Crippen LogP contribution is 2.49. The van der Waals surface area contributed by atoms with Crippen LogP contribution < -0.4 is 10.9 Å². The molecule has 2 amide bonds. The second-order valence-electron chi connectivity index (χ2n) is 5.13. The van der Waals surface area contributed by atoms with Gasteiger partial charge in [0.2, 0.25) is 5.91 Å². The summed E-state index contributed by atoms with van der Waals surface area (Å²) in [5, 5.41) is 0.667. The molecule has 112 valence electrons. The summed E-state index contributed by atoms with van der Waals surface area (Å²) in [6.45, 7) is 0. The lowest BCUT2D eigenvalue weighted by atomic mass is 10.1. The fraction of sp³-hybridized carbons (Fsp3) is 0.188. The van der Waals surface area contributed by atoms with Crippen LogP contribution in [0.5, 0.6) is 0 Å². The zero-order chi connectivity index (χ0) is 15.5. The van der Waals surface area contributed by atoms with Gasteiger partial charge in [-0.3, -0.25) is 25.4 Å². The molecule has 0 radical (unpaired) electrons. The van der Waals surface area contributed by atoms with Crippen molar-refractivity contribution in [3.63, 3.8) is 0 Å². The molecular formula is C16H14ClN3O2. The number of hydrazine groups is 1. The highest BCUT2D eigenvalue weighted by atomic mass is 35.5. The van der Waals surface area contributed by atoms with E-state index < -0.39 is 5.91 Å². The standard InChI is InChI=1S/C16H14ClN3O2/c17-13-6-2-1-5-10(13)11-9-12(11)15(21)19-20-16(22)14-7-3-4-8-18-14/h1-8,11-12H,9H2,(H,19,21)(H,20,22)/t11-,12-/m1/s1. The van der Waals surface area contributed by atoms with Gasteiger partial charge in [0.05, 0.1) is 0 Å². The molecule has 1 heterocycles. The van der Waals surface area contributed by atoms with E-state index >= 15 is 0 Å². The van der Waals surface area contributed by atoms with E-state index in [4.69, 9.17) is 11.6 Å². The first-order chi connectivity index (χ1) is 10.7. The molecule has 1 aromatic carbocycles.